The third kappa shape index (κ3) is 5.99. The lowest BCUT2D eigenvalue weighted by Gasteiger charge is -2.09. The van der Waals surface area contributed by atoms with Crippen LogP contribution in [0.4, 0.5) is 0 Å². The summed E-state index contributed by atoms with van der Waals surface area (Å²) in [5.41, 5.74) is 2.19. The molecule has 0 unspecified atom stereocenters. The molecule has 0 aromatic heterocycles. The Bertz CT molecular complexity index is 515. The van der Waals surface area contributed by atoms with Crippen LogP contribution in [0.2, 0.25) is 0 Å². The van der Waals surface area contributed by atoms with Gasteiger partial charge in [0.05, 0.1) is 6.61 Å². The van der Waals surface area contributed by atoms with Crippen LogP contribution in [0.1, 0.15) is 41.3 Å². The summed E-state index contributed by atoms with van der Waals surface area (Å²) >= 11 is 0. The Morgan fingerprint density at radius 1 is 1.38 bits per heavy atom. The zero-order valence-corrected chi connectivity index (χ0v) is 12.7. The maximum Gasteiger partial charge on any atom is 0.251 e. The summed E-state index contributed by atoms with van der Waals surface area (Å²) in [4.78, 5) is 12.1. The predicted molar refractivity (Wildman–Crippen MR) is 83.2 cm³/mol. The van der Waals surface area contributed by atoms with Crippen molar-refractivity contribution in [3.63, 3.8) is 0 Å². The second kappa shape index (κ2) is 9.98. The first-order chi connectivity index (χ1) is 10.2. The normalized spacial score (nSPS) is 9.86. The number of hydrogen-bond acceptors (Lipinski definition) is 3. The molecule has 114 valence electrons. The number of rotatable bonds is 7. The minimum atomic E-state index is -0.190. The van der Waals surface area contributed by atoms with Gasteiger partial charge in [-0.1, -0.05) is 31.3 Å². The molecular formula is C17H23NO3. The highest BCUT2D eigenvalue weighted by atomic mass is 16.5. The second-order valence-electron chi connectivity index (χ2n) is 4.66. The molecule has 0 fully saturated rings. The SMILES string of the molecule is CCCCOCCNC(=O)c1cccc(C#CCO)c1C. The lowest BCUT2D eigenvalue weighted by Crippen LogP contribution is -2.28. The smallest absolute Gasteiger partial charge is 0.251 e. The maximum atomic E-state index is 12.1. The van der Waals surface area contributed by atoms with Gasteiger partial charge in [-0.05, 0) is 31.0 Å². The van der Waals surface area contributed by atoms with E-state index in [4.69, 9.17) is 9.84 Å². The van der Waals surface area contributed by atoms with Gasteiger partial charge < -0.3 is 15.2 Å². The Kier molecular flexibility index (Phi) is 8.18. The molecule has 4 heteroatoms. The van der Waals surface area contributed by atoms with E-state index < -0.39 is 0 Å². The summed E-state index contributed by atoms with van der Waals surface area (Å²) in [6.07, 6.45) is 2.14. The van der Waals surface area contributed by atoms with Gasteiger partial charge in [-0.15, -0.1) is 0 Å². The molecule has 0 aliphatic heterocycles. The van der Waals surface area contributed by atoms with E-state index in [0.717, 1.165) is 30.6 Å². The van der Waals surface area contributed by atoms with Crippen LogP contribution < -0.4 is 5.32 Å². The van der Waals surface area contributed by atoms with Crippen molar-refractivity contribution in [2.45, 2.75) is 26.7 Å². The Morgan fingerprint density at radius 2 is 2.19 bits per heavy atom. The fourth-order valence-electron chi connectivity index (χ4n) is 1.83. The lowest BCUT2D eigenvalue weighted by molar-refractivity contribution is 0.0912. The van der Waals surface area contributed by atoms with E-state index in [-0.39, 0.29) is 12.5 Å². The molecule has 2 N–H and O–H groups in total. The molecule has 0 radical (unpaired) electrons. The number of amides is 1. The fraction of sp³-hybridized carbons (Fsp3) is 0.471. The Hall–Kier alpha value is -1.83. The van der Waals surface area contributed by atoms with Crippen molar-refractivity contribution < 1.29 is 14.6 Å². The van der Waals surface area contributed by atoms with Crippen LogP contribution >= 0.6 is 0 Å². The number of aliphatic hydroxyl groups excluding tert-OH is 1. The van der Waals surface area contributed by atoms with Crippen LogP contribution in [0.15, 0.2) is 18.2 Å². The number of hydrogen-bond donors (Lipinski definition) is 2. The number of benzene rings is 1. The van der Waals surface area contributed by atoms with Crippen molar-refractivity contribution in [3.8, 4) is 11.8 Å². The summed E-state index contributed by atoms with van der Waals surface area (Å²) in [5, 5.41) is 11.6. The fourth-order valence-corrected chi connectivity index (χ4v) is 1.83. The monoisotopic (exact) mass is 289 g/mol. The first-order valence-corrected chi connectivity index (χ1v) is 7.26. The van der Waals surface area contributed by atoms with Gasteiger partial charge in [-0.25, -0.2) is 0 Å². The van der Waals surface area contributed by atoms with Gasteiger partial charge in [-0.2, -0.15) is 0 Å². The maximum absolute atomic E-state index is 12.1. The summed E-state index contributed by atoms with van der Waals surface area (Å²) < 4.78 is 5.40. The van der Waals surface area contributed by atoms with Gasteiger partial charge in [0.1, 0.15) is 6.61 Å². The van der Waals surface area contributed by atoms with E-state index in [1.54, 1.807) is 12.1 Å². The van der Waals surface area contributed by atoms with Crippen LogP contribution in [0, 0.1) is 18.8 Å². The largest absolute Gasteiger partial charge is 0.384 e. The van der Waals surface area contributed by atoms with E-state index >= 15 is 0 Å². The van der Waals surface area contributed by atoms with Crippen LogP contribution in [0.3, 0.4) is 0 Å². The molecule has 4 nitrogen and oxygen atoms in total. The standard InChI is InChI=1S/C17H23NO3/c1-3-4-12-21-13-10-18-17(20)16-9-5-7-15(14(16)2)8-6-11-19/h5,7,9,19H,3-4,10-13H2,1-2H3,(H,18,20). The van der Waals surface area contributed by atoms with Crippen LogP contribution in [0.5, 0.6) is 0 Å². The molecule has 0 saturated carbocycles. The number of ether oxygens (including phenoxy) is 1. The molecule has 0 bridgehead atoms. The van der Waals surface area contributed by atoms with Crippen molar-refractivity contribution >= 4 is 5.91 Å². The number of unbranched alkanes of at least 4 members (excludes halogenated alkanes) is 1. The number of aliphatic hydroxyl groups is 1. The molecule has 0 saturated heterocycles. The molecule has 1 aromatic carbocycles. The summed E-state index contributed by atoms with van der Waals surface area (Å²) in [5.74, 6) is 5.32. The quantitative estimate of drug-likeness (QED) is 0.595. The van der Waals surface area contributed by atoms with E-state index in [9.17, 15) is 4.79 Å². The Balaban J connectivity index is 2.54. The van der Waals surface area contributed by atoms with Crippen LogP contribution in [-0.2, 0) is 4.74 Å². The third-order valence-electron chi connectivity index (χ3n) is 3.05. The predicted octanol–water partition coefficient (Wildman–Crippen LogP) is 1.89. The van der Waals surface area contributed by atoms with E-state index in [1.807, 2.05) is 13.0 Å². The molecule has 0 atom stereocenters. The van der Waals surface area contributed by atoms with Gasteiger partial charge >= 0.3 is 0 Å². The average Bonchev–Trinajstić information content (AvgIpc) is 2.49. The lowest BCUT2D eigenvalue weighted by atomic mass is 10.0. The van der Waals surface area contributed by atoms with Gasteiger partial charge in [0.25, 0.3) is 5.91 Å². The number of carbonyl (C=O) groups excluding carboxylic acids is 1. The van der Waals surface area contributed by atoms with Crippen molar-refractivity contribution in [1.29, 1.82) is 0 Å². The van der Waals surface area contributed by atoms with Crippen molar-refractivity contribution in [3.05, 3.63) is 34.9 Å². The number of nitrogens with one attached hydrogen (secondary N) is 1. The molecule has 21 heavy (non-hydrogen) atoms. The molecule has 1 rings (SSSR count). The first-order valence-electron chi connectivity index (χ1n) is 7.26. The highest BCUT2D eigenvalue weighted by Crippen LogP contribution is 2.12. The average molecular weight is 289 g/mol. The minimum Gasteiger partial charge on any atom is -0.384 e. The second-order valence-corrected chi connectivity index (χ2v) is 4.66. The molecule has 0 aliphatic carbocycles. The van der Waals surface area contributed by atoms with E-state index in [0.29, 0.717) is 18.7 Å². The molecular weight excluding hydrogens is 266 g/mol. The topological polar surface area (TPSA) is 58.6 Å². The van der Waals surface area contributed by atoms with Crippen molar-refractivity contribution in [2.24, 2.45) is 0 Å². The third-order valence-corrected chi connectivity index (χ3v) is 3.05. The first kappa shape index (κ1) is 17.2. The van der Waals surface area contributed by atoms with Gasteiger partial charge in [-0.3, -0.25) is 4.79 Å². The molecule has 0 heterocycles. The molecule has 0 spiro atoms. The van der Waals surface area contributed by atoms with Crippen molar-refractivity contribution in [2.75, 3.05) is 26.4 Å². The van der Waals surface area contributed by atoms with Crippen LogP contribution in [-0.4, -0.2) is 37.4 Å². The highest BCUT2D eigenvalue weighted by molar-refractivity contribution is 5.96. The van der Waals surface area contributed by atoms with E-state index in [2.05, 4.69) is 24.1 Å². The Morgan fingerprint density at radius 3 is 2.90 bits per heavy atom. The van der Waals surface area contributed by atoms with Gasteiger partial charge in [0.2, 0.25) is 0 Å². The minimum absolute atomic E-state index is 0.126. The van der Waals surface area contributed by atoms with Gasteiger partial charge in [0, 0.05) is 24.3 Å². The van der Waals surface area contributed by atoms with Crippen molar-refractivity contribution in [1.82, 2.24) is 5.32 Å². The summed E-state index contributed by atoms with van der Waals surface area (Å²) in [6, 6.07) is 5.40. The summed E-state index contributed by atoms with van der Waals surface area (Å²) in [7, 11) is 0. The zero-order valence-electron chi connectivity index (χ0n) is 12.7. The molecule has 0 aliphatic rings. The number of carbonyl (C=O) groups is 1. The summed E-state index contributed by atoms with van der Waals surface area (Å²) in [6.45, 7) is 5.53. The van der Waals surface area contributed by atoms with Crippen LogP contribution in [0.25, 0.3) is 0 Å². The molecule has 1 aromatic rings. The van der Waals surface area contributed by atoms with E-state index in [1.165, 1.54) is 0 Å². The highest BCUT2D eigenvalue weighted by Gasteiger charge is 2.10. The Labute approximate surface area is 126 Å². The molecule has 1 amide bonds. The van der Waals surface area contributed by atoms with Gasteiger partial charge in [0.15, 0.2) is 0 Å². The zero-order chi connectivity index (χ0) is 15.5.